The molecule has 0 unspecified atom stereocenters. The molecule has 0 spiro atoms. The fraction of sp³-hybridized carbons (Fsp3) is 0.536. The lowest BCUT2D eigenvalue weighted by molar-refractivity contribution is 0.302. The van der Waals surface area contributed by atoms with E-state index in [1.54, 1.807) is 0 Å². The number of fused-ring (bicyclic) bond motifs is 3. The highest BCUT2D eigenvalue weighted by molar-refractivity contribution is 6.04. The van der Waals surface area contributed by atoms with E-state index in [-0.39, 0.29) is 11.4 Å². The normalized spacial score (nSPS) is 19.3. The van der Waals surface area contributed by atoms with Crippen LogP contribution in [0.1, 0.15) is 95.1 Å². The molecule has 3 heteroatoms. The number of benzene rings is 2. The second kappa shape index (κ2) is 9.97. The fourth-order valence-electron chi connectivity index (χ4n) is 5.38. The standard InChI is InChI=1S/C28H35FO2/c1-3-5-6-7-9-19-10-12-20(13-11-19)22-15-16-23-24-17-14-21(8-4-2)26(29)27(24)31-28(30)25(23)18-22/h14-20H,3-13H2,1-2H3. The Kier molecular flexibility index (Phi) is 7.09. The Labute approximate surface area is 184 Å². The summed E-state index contributed by atoms with van der Waals surface area (Å²) in [7, 11) is 0. The van der Waals surface area contributed by atoms with Crippen LogP contribution in [-0.4, -0.2) is 0 Å². The summed E-state index contributed by atoms with van der Waals surface area (Å²) in [5.41, 5.74) is 1.51. The van der Waals surface area contributed by atoms with Crippen LogP contribution >= 0.6 is 0 Å². The van der Waals surface area contributed by atoms with Crippen LogP contribution in [0, 0.1) is 11.7 Å². The zero-order chi connectivity index (χ0) is 21.8. The molecule has 0 N–H and O–H groups in total. The summed E-state index contributed by atoms with van der Waals surface area (Å²) in [6, 6.07) is 9.88. The van der Waals surface area contributed by atoms with E-state index in [1.165, 1.54) is 63.4 Å². The predicted octanol–water partition coefficient (Wildman–Crippen LogP) is 8.28. The van der Waals surface area contributed by atoms with Crippen molar-refractivity contribution in [3.05, 3.63) is 57.7 Å². The molecule has 0 amide bonds. The summed E-state index contributed by atoms with van der Waals surface area (Å²) in [4.78, 5) is 12.7. The lowest BCUT2D eigenvalue weighted by Crippen LogP contribution is -2.14. The van der Waals surface area contributed by atoms with Gasteiger partial charge in [0, 0.05) is 10.8 Å². The van der Waals surface area contributed by atoms with Crippen LogP contribution in [0.5, 0.6) is 0 Å². The van der Waals surface area contributed by atoms with Gasteiger partial charge in [-0.15, -0.1) is 0 Å². The minimum absolute atomic E-state index is 0.0970. The number of hydrogen-bond donors (Lipinski definition) is 0. The van der Waals surface area contributed by atoms with E-state index in [0.717, 1.165) is 17.7 Å². The quantitative estimate of drug-likeness (QED) is 0.208. The highest BCUT2D eigenvalue weighted by Gasteiger charge is 2.23. The molecule has 31 heavy (non-hydrogen) atoms. The van der Waals surface area contributed by atoms with Gasteiger partial charge < -0.3 is 4.42 Å². The molecule has 0 radical (unpaired) electrons. The third-order valence-electron chi connectivity index (χ3n) is 7.23. The summed E-state index contributed by atoms with van der Waals surface area (Å²) in [6.07, 6.45) is 13.2. The van der Waals surface area contributed by atoms with Gasteiger partial charge in [-0.05, 0) is 61.1 Å². The summed E-state index contributed by atoms with van der Waals surface area (Å²) < 4.78 is 20.4. The van der Waals surface area contributed by atoms with Crippen molar-refractivity contribution in [2.24, 2.45) is 5.92 Å². The molecule has 1 saturated carbocycles. The minimum Gasteiger partial charge on any atom is -0.419 e. The molecule has 0 bridgehead atoms. The molecule has 1 aliphatic rings. The zero-order valence-electron chi connectivity index (χ0n) is 19.0. The first kappa shape index (κ1) is 22.0. The van der Waals surface area contributed by atoms with Crippen LogP contribution in [0.15, 0.2) is 39.5 Å². The van der Waals surface area contributed by atoms with E-state index < -0.39 is 5.63 Å². The van der Waals surface area contributed by atoms with E-state index in [0.29, 0.717) is 28.7 Å². The number of halogens is 1. The van der Waals surface area contributed by atoms with E-state index in [2.05, 4.69) is 13.0 Å². The molecule has 0 atom stereocenters. The van der Waals surface area contributed by atoms with Gasteiger partial charge in [-0.25, -0.2) is 9.18 Å². The minimum atomic E-state index is -0.429. The SMILES string of the molecule is CCCCCCC1CCC(c2ccc3c(c2)c(=O)oc2c(F)c(CCC)ccc23)CC1. The van der Waals surface area contributed by atoms with Crippen LogP contribution in [0.4, 0.5) is 4.39 Å². The largest absolute Gasteiger partial charge is 0.419 e. The second-order valence-electron chi connectivity index (χ2n) is 9.43. The molecule has 4 rings (SSSR count). The zero-order valence-corrected chi connectivity index (χ0v) is 19.0. The Morgan fingerprint density at radius 2 is 1.68 bits per heavy atom. The maximum atomic E-state index is 14.9. The Morgan fingerprint density at radius 3 is 2.42 bits per heavy atom. The van der Waals surface area contributed by atoms with E-state index in [9.17, 15) is 9.18 Å². The van der Waals surface area contributed by atoms with Crippen molar-refractivity contribution in [3.63, 3.8) is 0 Å². The molecule has 3 aromatic rings. The van der Waals surface area contributed by atoms with Crippen LogP contribution in [0.25, 0.3) is 21.7 Å². The topological polar surface area (TPSA) is 30.2 Å². The predicted molar refractivity (Wildman–Crippen MR) is 127 cm³/mol. The average Bonchev–Trinajstić information content (AvgIpc) is 2.79. The Hall–Kier alpha value is -2.16. The first-order valence-corrected chi connectivity index (χ1v) is 12.3. The third kappa shape index (κ3) is 4.71. The van der Waals surface area contributed by atoms with Crippen molar-refractivity contribution in [2.45, 2.75) is 90.4 Å². The Balaban J connectivity index is 1.55. The van der Waals surface area contributed by atoms with Crippen molar-refractivity contribution in [3.8, 4) is 0 Å². The Morgan fingerprint density at radius 1 is 0.903 bits per heavy atom. The van der Waals surface area contributed by atoms with Gasteiger partial charge in [0.25, 0.3) is 0 Å². The van der Waals surface area contributed by atoms with Crippen molar-refractivity contribution in [1.82, 2.24) is 0 Å². The molecule has 2 aromatic carbocycles. The molecule has 0 saturated heterocycles. The summed E-state index contributed by atoms with van der Waals surface area (Å²) in [6.45, 7) is 4.28. The average molecular weight is 423 g/mol. The molecule has 0 aliphatic heterocycles. The van der Waals surface area contributed by atoms with E-state index in [4.69, 9.17) is 4.42 Å². The van der Waals surface area contributed by atoms with Gasteiger partial charge in [0.1, 0.15) is 0 Å². The molecule has 1 fully saturated rings. The lowest BCUT2D eigenvalue weighted by atomic mass is 9.77. The summed E-state index contributed by atoms with van der Waals surface area (Å²) >= 11 is 0. The smallest absolute Gasteiger partial charge is 0.344 e. The highest BCUT2D eigenvalue weighted by atomic mass is 19.1. The van der Waals surface area contributed by atoms with Crippen LogP contribution < -0.4 is 5.63 Å². The second-order valence-corrected chi connectivity index (χ2v) is 9.43. The summed E-state index contributed by atoms with van der Waals surface area (Å²) in [5, 5.41) is 2.06. The first-order valence-electron chi connectivity index (χ1n) is 12.3. The van der Waals surface area contributed by atoms with Gasteiger partial charge in [-0.1, -0.05) is 76.6 Å². The maximum absolute atomic E-state index is 14.9. The fourth-order valence-corrected chi connectivity index (χ4v) is 5.38. The molecular weight excluding hydrogens is 387 g/mol. The summed E-state index contributed by atoms with van der Waals surface area (Å²) in [5.74, 6) is 0.984. The van der Waals surface area contributed by atoms with Gasteiger partial charge in [-0.2, -0.15) is 0 Å². The van der Waals surface area contributed by atoms with E-state index in [1.807, 2.05) is 31.2 Å². The van der Waals surface area contributed by atoms with Crippen LogP contribution in [0.3, 0.4) is 0 Å². The van der Waals surface area contributed by atoms with Crippen molar-refractivity contribution in [2.75, 3.05) is 0 Å². The van der Waals surface area contributed by atoms with Gasteiger partial charge >= 0.3 is 5.63 Å². The third-order valence-corrected chi connectivity index (χ3v) is 7.23. The molecule has 1 aromatic heterocycles. The van der Waals surface area contributed by atoms with Crippen LogP contribution in [0.2, 0.25) is 0 Å². The molecule has 166 valence electrons. The monoisotopic (exact) mass is 422 g/mol. The first-order chi connectivity index (χ1) is 15.1. The van der Waals surface area contributed by atoms with Crippen molar-refractivity contribution in [1.29, 1.82) is 0 Å². The van der Waals surface area contributed by atoms with Crippen molar-refractivity contribution >= 4 is 21.7 Å². The number of hydrogen-bond acceptors (Lipinski definition) is 2. The van der Waals surface area contributed by atoms with Crippen molar-refractivity contribution < 1.29 is 8.81 Å². The van der Waals surface area contributed by atoms with Gasteiger partial charge in [0.05, 0.1) is 5.39 Å². The van der Waals surface area contributed by atoms with E-state index >= 15 is 0 Å². The van der Waals surface area contributed by atoms with Crippen LogP contribution in [-0.2, 0) is 6.42 Å². The number of rotatable bonds is 8. The number of unbranched alkanes of at least 4 members (excludes halogenated alkanes) is 3. The molecule has 1 heterocycles. The molecule has 1 aliphatic carbocycles. The molecule has 2 nitrogen and oxygen atoms in total. The van der Waals surface area contributed by atoms with Gasteiger partial charge in [0.15, 0.2) is 11.4 Å². The maximum Gasteiger partial charge on any atom is 0.344 e. The van der Waals surface area contributed by atoms with Gasteiger partial charge in [-0.3, -0.25) is 0 Å². The van der Waals surface area contributed by atoms with Gasteiger partial charge in [0.2, 0.25) is 0 Å². The molecular formula is C28H35FO2. The highest BCUT2D eigenvalue weighted by Crippen LogP contribution is 2.39. The Bertz CT molecular complexity index is 1090. The lowest BCUT2D eigenvalue weighted by Gasteiger charge is -2.29. The number of aryl methyl sites for hydroxylation is 1.